The minimum absolute atomic E-state index is 0.0513. The van der Waals surface area contributed by atoms with Crippen LogP contribution in [-0.2, 0) is 9.59 Å². The molecule has 0 radical (unpaired) electrons. The zero-order valence-electron chi connectivity index (χ0n) is 7.33. The van der Waals surface area contributed by atoms with Crippen molar-refractivity contribution in [3.63, 3.8) is 0 Å². The summed E-state index contributed by atoms with van der Waals surface area (Å²) in [4.78, 5) is 22.0. The van der Waals surface area contributed by atoms with Crippen LogP contribution in [0, 0.1) is 0 Å². The van der Waals surface area contributed by atoms with E-state index in [4.69, 9.17) is 0 Å². The Morgan fingerprint density at radius 3 is 3.00 bits per heavy atom. The van der Waals surface area contributed by atoms with E-state index in [0.29, 0.717) is 0 Å². The Bertz CT molecular complexity index is 283. The molecule has 5 nitrogen and oxygen atoms in total. The second kappa shape index (κ2) is 3.84. The molecule has 0 aromatic rings. The summed E-state index contributed by atoms with van der Waals surface area (Å²) in [6, 6.07) is -0.120. The van der Waals surface area contributed by atoms with Gasteiger partial charge < -0.3 is 5.32 Å². The molecule has 1 atom stereocenters. The minimum atomic E-state index is -0.328. The molecule has 70 valence electrons. The molecule has 0 spiro atoms. The molecule has 2 N–H and O–H groups in total. The maximum absolute atomic E-state index is 11.3. The van der Waals surface area contributed by atoms with E-state index in [1.54, 1.807) is 13.0 Å². The molecule has 1 heterocycles. The first-order chi connectivity index (χ1) is 6.13. The van der Waals surface area contributed by atoms with Gasteiger partial charge in [-0.2, -0.15) is 5.10 Å². The molecular formula is C8H11N3O2. The Morgan fingerprint density at radius 2 is 2.54 bits per heavy atom. The quantitative estimate of drug-likeness (QED) is 0.579. The summed E-state index contributed by atoms with van der Waals surface area (Å²) < 4.78 is 0. The summed E-state index contributed by atoms with van der Waals surface area (Å²) in [5, 5.41) is 6.19. The van der Waals surface area contributed by atoms with Gasteiger partial charge in [0.15, 0.2) is 0 Å². The molecule has 5 heteroatoms. The predicted octanol–water partition coefficient (Wildman–Crippen LogP) is -0.447. The van der Waals surface area contributed by atoms with Crippen molar-refractivity contribution < 1.29 is 9.59 Å². The highest BCUT2D eigenvalue weighted by atomic mass is 16.2. The normalized spacial score (nSPS) is 17.3. The fraction of sp³-hybridized carbons (Fsp3) is 0.375. The van der Waals surface area contributed by atoms with Crippen molar-refractivity contribution in [2.24, 2.45) is 5.10 Å². The van der Waals surface area contributed by atoms with Gasteiger partial charge in [-0.3, -0.25) is 9.59 Å². The van der Waals surface area contributed by atoms with Crippen LogP contribution in [0.2, 0.25) is 0 Å². The number of carbonyl (C=O) groups is 2. The highest BCUT2D eigenvalue weighted by molar-refractivity contribution is 6.43. The Hall–Kier alpha value is -1.65. The SMILES string of the molecule is C=CC(C)NC(=O)C1=NNC(=O)C1. The molecule has 0 saturated carbocycles. The first-order valence-corrected chi connectivity index (χ1v) is 3.92. The third kappa shape index (κ3) is 2.40. The van der Waals surface area contributed by atoms with Crippen molar-refractivity contribution in [3.8, 4) is 0 Å². The second-order valence-electron chi connectivity index (χ2n) is 2.77. The van der Waals surface area contributed by atoms with E-state index in [0.717, 1.165) is 0 Å². The molecule has 0 aliphatic carbocycles. The lowest BCUT2D eigenvalue weighted by molar-refractivity contribution is -0.120. The maximum Gasteiger partial charge on any atom is 0.268 e. The van der Waals surface area contributed by atoms with Crippen LogP contribution in [0.15, 0.2) is 17.8 Å². The summed E-state index contributed by atoms with van der Waals surface area (Å²) in [5.74, 6) is -0.581. The largest absolute Gasteiger partial charge is 0.345 e. The highest BCUT2D eigenvalue weighted by Gasteiger charge is 2.21. The number of hydrogen-bond acceptors (Lipinski definition) is 3. The fourth-order valence-corrected chi connectivity index (χ4v) is 0.841. The fourth-order valence-electron chi connectivity index (χ4n) is 0.841. The number of rotatable bonds is 3. The smallest absolute Gasteiger partial charge is 0.268 e. The van der Waals surface area contributed by atoms with Crippen molar-refractivity contribution in [3.05, 3.63) is 12.7 Å². The number of amides is 2. The molecule has 0 aromatic heterocycles. The van der Waals surface area contributed by atoms with Crippen molar-refractivity contribution in [1.29, 1.82) is 0 Å². The standard InChI is InChI=1S/C8H11N3O2/c1-3-5(2)9-8(13)6-4-7(12)11-10-6/h3,5H,1,4H2,2H3,(H,9,13)(H,11,12). The van der Waals surface area contributed by atoms with Crippen molar-refractivity contribution in [1.82, 2.24) is 10.7 Å². The van der Waals surface area contributed by atoms with Gasteiger partial charge >= 0.3 is 0 Å². The van der Waals surface area contributed by atoms with Crippen LogP contribution < -0.4 is 10.7 Å². The summed E-state index contributed by atoms with van der Waals surface area (Å²) in [6.45, 7) is 5.31. The monoisotopic (exact) mass is 181 g/mol. The highest BCUT2D eigenvalue weighted by Crippen LogP contribution is 1.96. The van der Waals surface area contributed by atoms with E-state index in [1.807, 2.05) is 0 Å². The van der Waals surface area contributed by atoms with E-state index in [2.05, 4.69) is 22.4 Å². The van der Waals surface area contributed by atoms with Crippen LogP contribution in [-0.4, -0.2) is 23.6 Å². The van der Waals surface area contributed by atoms with E-state index >= 15 is 0 Å². The second-order valence-corrected chi connectivity index (χ2v) is 2.77. The molecule has 0 saturated heterocycles. The van der Waals surface area contributed by atoms with Crippen molar-refractivity contribution >= 4 is 17.5 Å². The molecular weight excluding hydrogens is 170 g/mol. The van der Waals surface area contributed by atoms with E-state index in [1.165, 1.54) is 0 Å². The maximum atomic E-state index is 11.3. The zero-order valence-corrected chi connectivity index (χ0v) is 7.33. The van der Waals surface area contributed by atoms with Gasteiger partial charge in [0, 0.05) is 6.04 Å². The zero-order chi connectivity index (χ0) is 9.84. The lowest BCUT2D eigenvalue weighted by atomic mass is 10.2. The predicted molar refractivity (Wildman–Crippen MR) is 48.0 cm³/mol. The van der Waals surface area contributed by atoms with Gasteiger partial charge in [-0.1, -0.05) is 6.08 Å². The van der Waals surface area contributed by atoms with E-state index < -0.39 is 0 Å². The molecule has 13 heavy (non-hydrogen) atoms. The molecule has 1 aliphatic rings. The van der Waals surface area contributed by atoms with Gasteiger partial charge in [-0.25, -0.2) is 5.43 Å². The van der Waals surface area contributed by atoms with Crippen LogP contribution in [0.5, 0.6) is 0 Å². The third-order valence-corrected chi connectivity index (χ3v) is 1.62. The lowest BCUT2D eigenvalue weighted by Gasteiger charge is -2.07. The molecule has 0 bridgehead atoms. The number of hydrazone groups is 1. The number of hydrogen-bond donors (Lipinski definition) is 2. The first-order valence-electron chi connectivity index (χ1n) is 3.92. The van der Waals surface area contributed by atoms with E-state index in [9.17, 15) is 9.59 Å². The van der Waals surface area contributed by atoms with Crippen LogP contribution in [0.4, 0.5) is 0 Å². The van der Waals surface area contributed by atoms with Crippen molar-refractivity contribution in [2.75, 3.05) is 0 Å². The van der Waals surface area contributed by atoms with Crippen LogP contribution in [0.25, 0.3) is 0 Å². The third-order valence-electron chi connectivity index (χ3n) is 1.62. The Labute approximate surface area is 75.9 Å². The minimum Gasteiger partial charge on any atom is -0.345 e. The molecule has 1 aliphatic heterocycles. The van der Waals surface area contributed by atoms with Gasteiger partial charge in [0.2, 0.25) is 5.91 Å². The van der Waals surface area contributed by atoms with Gasteiger partial charge in [0.25, 0.3) is 5.91 Å². The molecule has 1 rings (SSSR count). The number of nitrogens with zero attached hydrogens (tertiary/aromatic N) is 1. The van der Waals surface area contributed by atoms with Gasteiger partial charge in [0.05, 0.1) is 6.42 Å². The Kier molecular flexibility index (Phi) is 2.79. The van der Waals surface area contributed by atoms with Crippen molar-refractivity contribution in [2.45, 2.75) is 19.4 Å². The average molecular weight is 181 g/mol. The lowest BCUT2D eigenvalue weighted by Crippen LogP contribution is -2.36. The molecule has 2 amide bonds. The summed E-state index contributed by atoms with van der Waals surface area (Å²) in [7, 11) is 0. The number of nitrogens with one attached hydrogen (secondary N) is 2. The van der Waals surface area contributed by atoms with E-state index in [-0.39, 0.29) is 30.0 Å². The van der Waals surface area contributed by atoms with Crippen LogP contribution >= 0.6 is 0 Å². The number of carbonyl (C=O) groups excluding carboxylic acids is 2. The summed E-state index contributed by atoms with van der Waals surface area (Å²) >= 11 is 0. The molecule has 0 aromatic carbocycles. The van der Waals surface area contributed by atoms with Crippen LogP contribution in [0.1, 0.15) is 13.3 Å². The first kappa shape index (κ1) is 9.44. The van der Waals surface area contributed by atoms with Gasteiger partial charge in [-0.15, -0.1) is 6.58 Å². The van der Waals surface area contributed by atoms with Crippen LogP contribution in [0.3, 0.4) is 0 Å². The Morgan fingerprint density at radius 1 is 1.85 bits per heavy atom. The summed E-state index contributed by atoms with van der Waals surface area (Å²) in [6.07, 6.45) is 1.65. The molecule has 0 fully saturated rings. The van der Waals surface area contributed by atoms with Gasteiger partial charge in [-0.05, 0) is 6.92 Å². The summed E-state index contributed by atoms with van der Waals surface area (Å²) in [5.41, 5.74) is 2.43. The molecule has 1 unspecified atom stereocenters. The topological polar surface area (TPSA) is 70.6 Å². The average Bonchev–Trinajstić information content (AvgIpc) is 2.51. The Balaban J connectivity index is 2.49. The van der Waals surface area contributed by atoms with Gasteiger partial charge in [0.1, 0.15) is 5.71 Å².